The van der Waals surface area contributed by atoms with E-state index in [4.69, 9.17) is 5.73 Å². The number of hydrogen-bond donors (Lipinski definition) is 1. The van der Waals surface area contributed by atoms with Crippen LogP contribution in [0.1, 0.15) is 40.0 Å². The SMILES string of the molecule is CC(C)CCC(C)N1CC(C(N)=O)CC1=O. The maximum absolute atomic E-state index is 11.7. The molecule has 1 rings (SSSR count). The fraction of sp³-hybridized carbons (Fsp3) is 0.833. The van der Waals surface area contributed by atoms with Crippen molar-refractivity contribution in [3.8, 4) is 0 Å². The van der Waals surface area contributed by atoms with Gasteiger partial charge in [-0.05, 0) is 25.7 Å². The van der Waals surface area contributed by atoms with Crippen molar-refractivity contribution in [3.05, 3.63) is 0 Å². The van der Waals surface area contributed by atoms with Crippen LogP contribution >= 0.6 is 0 Å². The number of amides is 2. The highest BCUT2D eigenvalue weighted by molar-refractivity contribution is 5.88. The van der Waals surface area contributed by atoms with Gasteiger partial charge in [-0.2, -0.15) is 0 Å². The average Bonchev–Trinajstić information content (AvgIpc) is 2.57. The highest BCUT2D eigenvalue weighted by Crippen LogP contribution is 2.22. The molecule has 0 spiro atoms. The van der Waals surface area contributed by atoms with Crippen LogP contribution in [0.3, 0.4) is 0 Å². The van der Waals surface area contributed by atoms with Gasteiger partial charge in [0.05, 0.1) is 5.92 Å². The first-order valence-corrected chi connectivity index (χ1v) is 6.00. The smallest absolute Gasteiger partial charge is 0.223 e. The van der Waals surface area contributed by atoms with Crippen LogP contribution in [0.5, 0.6) is 0 Å². The largest absolute Gasteiger partial charge is 0.369 e. The first-order chi connectivity index (χ1) is 7.41. The van der Waals surface area contributed by atoms with Gasteiger partial charge in [0.2, 0.25) is 11.8 Å². The quantitative estimate of drug-likeness (QED) is 0.764. The fourth-order valence-electron chi connectivity index (χ4n) is 2.08. The Morgan fingerprint density at radius 1 is 1.44 bits per heavy atom. The number of primary amides is 1. The van der Waals surface area contributed by atoms with E-state index in [2.05, 4.69) is 13.8 Å². The van der Waals surface area contributed by atoms with E-state index in [0.717, 1.165) is 12.8 Å². The molecule has 1 saturated heterocycles. The monoisotopic (exact) mass is 226 g/mol. The molecule has 4 heteroatoms. The highest BCUT2D eigenvalue weighted by atomic mass is 16.2. The molecule has 2 N–H and O–H groups in total. The number of nitrogens with two attached hydrogens (primary N) is 1. The standard InChI is InChI=1S/C12H22N2O2/c1-8(2)4-5-9(3)14-7-10(12(13)16)6-11(14)15/h8-10H,4-7H2,1-3H3,(H2,13,16). The molecule has 0 aromatic carbocycles. The molecule has 0 saturated carbocycles. The van der Waals surface area contributed by atoms with Crippen molar-refractivity contribution in [1.82, 2.24) is 4.90 Å². The summed E-state index contributed by atoms with van der Waals surface area (Å²) in [6.07, 6.45) is 2.39. The summed E-state index contributed by atoms with van der Waals surface area (Å²) in [7, 11) is 0. The zero-order chi connectivity index (χ0) is 12.3. The van der Waals surface area contributed by atoms with Gasteiger partial charge < -0.3 is 10.6 Å². The molecular weight excluding hydrogens is 204 g/mol. The van der Waals surface area contributed by atoms with Gasteiger partial charge in [-0.15, -0.1) is 0 Å². The molecule has 92 valence electrons. The van der Waals surface area contributed by atoms with Crippen LogP contribution in [0.25, 0.3) is 0 Å². The maximum Gasteiger partial charge on any atom is 0.223 e. The van der Waals surface area contributed by atoms with E-state index in [-0.39, 0.29) is 23.8 Å². The van der Waals surface area contributed by atoms with E-state index in [1.54, 1.807) is 4.90 Å². The van der Waals surface area contributed by atoms with Gasteiger partial charge in [0.25, 0.3) is 0 Å². The molecule has 1 heterocycles. The highest BCUT2D eigenvalue weighted by Gasteiger charge is 2.35. The summed E-state index contributed by atoms with van der Waals surface area (Å²) in [4.78, 5) is 24.5. The van der Waals surface area contributed by atoms with Crippen LogP contribution in [0.2, 0.25) is 0 Å². The van der Waals surface area contributed by atoms with Crippen LogP contribution in [0.4, 0.5) is 0 Å². The molecule has 0 bridgehead atoms. The van der Waals surface area contributed by atoms with Crippen molar-refractivity contribution in [2.24, 2.45) is 17.6 Å². The maximum atomic E-state index is 11.7. The normalized spacial score (nSPS) is 22.9. The third-order valence-electron chi connectivity index (χ3n) is 3.25. The molecule has 1 aliphatic rings. The number of carbonyl (C=O) groups is 2. The lowest BCUT2D eigenvalue weighted by atomic mass is 10.0. The fourth-order valence-corrected chi connectivity index (χ4v) is 2.08. The molecule has 4 nitrogen and oxygen atoms in total. The summed E-state index contributed by atoms with van der Waals surface area (Å²) >= 11 is 0. The summed E-state index contributed by atoms with van der Waals surface area (Å²) < 4.78 is 0. The van der Waals surface area contributed by atoms with Crippen molar-refractivity contribution in [2.45, 2.75) is 46.1 Å². The second kappa shape index (κ2) is 5.32. The van der Waals surface area contributed by atoms with Crippen molar-refractivity contribution in [1.29, 1.82) is 0 Å². The minimum Gasteiger partial charge on any atom is -0.369 e. The molecular formula is C12H22N2O2. The van der Waals surface area contributed by atoms with E-state index in [1.165, 1.54) is 0 Å². The first kappa shape index (κ1) is 13.0. The van der Waals surface area contributed by atoms with E-state index in [1.807, 2.05) is 6.92 Å². The van der Waals surface area contributed by atoms with Crippen LogP contribution in [0.15, 0.2) is 0 Å². The first-order valence-electron chi connectivity index (χ1n) is 6.00. The summed E-state index contributed by atoms with van der Waals surface area (Å²) in [5.74, 6) is 0.0769. The summed E-state index contributed by atoms with van der Waals surface area (Å²) in [6, 6.07) is 0.222. The summed E-state index contributed by atoms with van der Waals surface area (Å²) in [5, 5.41) is 0. The Kier molecular flexibility index (Phi) is 4.33. The van der Waals surface area contributed by atoms with Crippen LogP contribution in [-0.2, 0) is 9.59 Å². The second-order valence-corrected chi connectivity index (χ2v) is 5.17. The minimum absolute atomic E-state index is 0.0695. The summed E-state index contributed by atoms with van der Waals surface area (Å²) in [6.45, 7) is 6.90. The molecule has 1 fully saturated rings. The Bertz CT molecular complexity index is 276. The van der Waals surface area contributed by atoms with Crippen molar-refractivity contribution >= 4 is 11.8 Å². The third-order valence-corrected chi connectivity index (χ3v) is 3.25. The zero-order valence-electron chi connectivity index (χ0n) is 10.4. The number of likely N-dealkylation sites (tertiary alicyclic amines) is 1. The number of rotatable bonds is 5. The topological polar surface area (TPSA) is 63.4 Å². The molecule has 2 amide bonds. The van der Waals surface area contributed by atoms with Gasteiger partial charge in [-0.25, -0.2) is 0 Å². The molecule has 0 aliphatic carbocycles. The molecule has 2 unspecified atom stereocenters. The van der Waals surface area contributed by atoms with Crippen LogP contribution in [-0.4, -0.2) is 29.3 Å². The molecule has 0 aromatic heterocycles. The van der Waals surface area contributed by atoms with E-state index < -0.39 is 0 Å². The number of hydrogen-bond acceptors (Lipinski definition) is 2. The van der Waals surface area contributed by atoms with E-state index >= 15 is 0 Å². The predicted molar refractivity (Wildman–Crippen MR) is 62.5 cm³/mol. The molecule has 16 heavy (non-hydrogen) atoms. The van der Waals surface area contributed by atoms with Crippen molar-refractivity contribution in [3.63, 3.8) is 0 Å². The van der Waals surface area contributed by atoms with Gasteiger partial charge in [0.15, 0.2) is 0 Å². The molecule has 1 aliphatic heterocycles. The lowest BCUT2D eigenvalue weighted by Gasteiger charge is -2.25. The Hall–Kier alpha value is -1.06. The minimum atomic E-state index is -0.355. The van der Waals surface area contributed by atoms with Gasteiger partial charge in [-0.1, -0.05) is 13.8 Å². The predicted octanol–water partition coefficient (Wildman–Crippen LogP) is 1.14. The van der Waals surface area contributed by atoms with Crippen molar-refractivity contribution in [2.75, 3.05) is 6.54 Å². The lowest BCUT2D eigenvalue weighted by Crippen LogP contribution is -2.35. The number of carbonyl (C=O) groups excluding carboxylic acids is 2. The number of nitrogens with zero attached hydrogens (tertiary/aromatic N) is 1. The van der Waals surface area contributed by atoms with Crippen LogP contribution < -0.4 is 5.73 Å². The Morgan fingerprint density at radius 2 is 2.06 bits per heavy atom. The Morgan fingerprint density at radius 3 is 2.50 bits per heavy atom. The van der Waals surface area contributed by atoms with Crippen LogP contribution in [0, 0.1) is 11.8 Å². The molecule has 2 atom stereocenters. The van der Waals surface area contributed by atoms with Gasteiger partial charge >= 0.3 is 0 Å². The second-order valence-electron chi connectivity index (χ2n) is 5.17. The van der Waals surface area contributed by atoms with E-state index in [9.17, 15) is 9.59 Å². The van der Waals surface area contributed by atoms with Gasteiger partial charge in [0.1, 0.15) is 0 Å². The summed E-state index contributed by atoms with van der Waals surface area (Å²) in [5.41, 5.74) is 5.23. The van der Waals surface area contributed by atoms with Gasteiger partial charge in [0, 0.05) is 19.0 Å². The Labute approximate surface area is 97.2 Å². The zero-order valence-corrected chi connectivity index (χ0v) is 10.4. The average molecular weight is 226 g/mol. The van der Waals surface area contributed by atoms with Crippen molar-refractivity contribution < 1.29 is 9.59 Å². The molecule has 0 radical (unpaired) electrons. The molecule has 0 aromatic rings. The van der Waals surface area contributed by atoms with E-state index in [0.29, 0.717) is 18.9 Å². The van der Waals surface area contributed by atoms with Gasteiger partial charge in [-0.3, -0.25) is 9.59 Å². The lowest BCUT2D eigenvalue weighted by molar-refractivity contribution is -0.130. The Balaban J connectivity index is 2.48. The third kappa shape index (κ3) is 3.22.